The summed E-state index contributed by atoms with van der Waals surface area (Å²) < 4.78 is 6.72. The third-order valence-electron chi connectivity index (χ3n) is 11.8. The molecule has 0 fully saturated rings. The average molecular weight is 757 g/mol. The smallest absolute Gasteiger partial charge is 0.155 e. The summed E-state index contributed by atoms with van der Waals surface area (Å²) in [6, 6.07) is 84.3. The highest BCUT2D eigenvalue weighted by Crippen LogP contribution is 2.56. The first-order valence-electron chi connectivity index (χ1n) is 19.9. The maximum absolute atomic E-state index is 6.72. The van der Waals surface area contributed by atoms with Crippen LogP contribution in [-0.2, 0) is 5.41 Å². The van der Waals surface area contributed by atoms with Crippen LogP contribution in [0.3, 0.4) is 0 Å². The van der Waals surface area contributed by atoms with E-state index in [9.17, 15) is 0 Å². The fourth-order valence-electron chi connectivity index (χ4n) is 9.37. The van der Waals surface area contributed by atoms with Gasteiger partial charge < -0.3 is 9.64 Å². The molecular weight excluding hydrogens is 719 g/mol. The molecule has 9 aromatic rings. The van der Waals surface area contributed by atoms with Gasteiger partial charge in [0.25, 0.3) is 0 Å². The normalized spacial score (nSPS) is 13.4. The van der Waals surface area contributed by atoms with Crippen LogP contribution in [-0.4, -0.2) is 8.80 Å². The molecule has 11 rings (SSSR count). The molecule has 58 heavy (non-hydrogen) atoms. The molecule has 0 saturated heterocycles. The van der Waals surface area contributed by atoms with Gasteiger partial charge in [-0.05, 0) is 98.4 Å². The van der Waals surface area contributed by atoms with Crippen molar-refractivity contribution in [3.63, 3.8) is 0 Å². The van der Waals surface area contributed by atoms with Crippen molar-refractivity contribution < 1.29 is 4.74 Å². The SMILES string of the molecule is c1ccc(-c2cc(-c3ccccc3)cc(N(c3ccccc3)c3ccc4c(c3)[Si](c3ccccc3)c3ccccc3C43c4ccccc4Oc4ccccc43)c2)cc1. The van der Waals surface area contributed by atoms with E-state index in [1.165, 1.54) is 60.1 Å². The van der Waals surface area contributed by atoms with Crippen LogP contribution in [0.5, 0.6) is 11.5 Å². The van der Waals surface area contributed by atoms with Gasteiger partial charge >= 0.3 is 0 Å². The molecule has 2 heterocycles. The lowest BCUT2D eigenvalue weighted by Crippen LogP contribution is -2.62. The molecule has 0 bridgehead atoms. The number of fused-ring (bicyclic) bond motifs is 8. The maximum Gasteiger partial charge on any atom is 0.155 e. The van der Waals surface area contributed by atoms with Crippen LogP contribution in [0, 0.1) is 0 Å². The zero-order chi connectivity index (χ0) is 38.5. The Morgan fingerprint density at radius 1 is 0.328 bits per heavy atom. The molecule has 1 radical (unpaired) electrons. The number of rotatable bonds is 6. The van der Waals surface area contributed by atoms with Crippen molar-refractivity contribution in [1.29, 1.82) is 0 Å². The summed E-state index contributed by atoms with van der Waals surface area (Å²) in [5.41, 5.74) is 12.5. The van der Waals surface area contributed by atoms with Gasteiger partial charge in [0.15, 0.2) is 8.80 Å². The average Bonchev–Trinajstić information content (AvgIpc) is 3.30. The minimum absolute atomic E-state index is 0.579. The van der Waals surface area contributed by atoms with Crippen molar-refractivity contribution in [3.8, 4) is 33.8 Å². The van der Waals surface area contributed by atoms with Crippen LogP contribution in [0.1, 0.15) is 22.3 Å². The van der Waals surface area contributed by atoms with Gasteiger partial charge in [-0.15, -0.1) is 0 Å². The molecule has 273 valence electrons. The monoisotopic (exact) mass is 756 g/mol. The predicted octanol–water partition coefficient (Wildman–Crippen LogP) is 11.8. The summed E-state index contributed by atoms with van der Waals surface area (Å²) >= 11 is 0. The summed E-state index contributed by atoms with van der Waals surface area (Å²) in [7, 11) is -1.50. The second kappa shape index (κ2) is 14.1. The Morgan fingerprint density at radius 2 is 0.810 bits per heavy atom. The number of para-hydroxylation sites is 3. The van der Waals surface area contributed by atoms with Crippen molar-refractivity contribution in [2.75, 3.05) is 4.90 Å². The number of nitrogens with zero attached hydrogens (tertiary/aromatic N) is 1. The lowest BCUT2D eigenvalue weighted by Gasteiger charge is -2.47. The molecule has 1 spiro atoms. The summed E-state index contributed by atoms with van der Waals surface area (Å²) in [5, 5.41) is 4.14. The van der Waals surface area contributed by atoms with E-state index in [0.717, 1.165) is 28.6 Å². The summed E-state index contributed by atoms with van der Waals surface area (Å²) in [6.07, 6.45) is 0. The van der Waals surface area contributed by atoms with E-state index < -0.39 is 14.2 Å². The highest BCUT2D eigenvalue weighted by atomic mass is 28.3. The number of hydrogen-bond donors (Lipinski definition) is 0. The number of hydrogen-bond acceptors (Lipinski definition) is 2. The lowest BCUT2D eigenvalue weighted by molar-refractivity contribution is 0.435. The maximum atomic E-state index is 6.72. The Hall–Kier alpha value is -7.20. The van der Waals surface area contributed by atoms with Gasteiger partial charge in [0.05, 0.1) is 5.41 Å². The van der Waals surface area contributed by atoms with Crippen LogP contribution in [0.2, 0.25) is 0 Å². The molecule has 2 aliphatic heterocycles. The van der Waals surface area contributed by atoms with Gasteiger partial charge in [-0.25, -0.2) is 0 Å². The first kappa shape index (κ1) is 34.1. The van der Waals surface area contributed by atoms with Gasteiger partial charge in [-0.2, -0.15) is 0 Å². The first-order chi connectivity index (χ1) is 28.8. The Balaban J connectivity index is 1.22. The second-order valence-electron chi connectivity index (χ2n) is 15.0. The van der Waals surface area contributed by atoms with Crippen LogP contribution in [0.15, 0.2) is 231 Å². The zero-order valence-electron chi connectivity index (χ0n) is 31.8. The molecule has 0 unspecified atom stereocenters. The third kappa shape index (κ3) is 5.47. The molecule has 2 aliphatic rings. The predicted molar refractivity (Wildman–Crippen MR) is 241 cm³/mol. The number of anilines is 3. The third-order valence-corrected chi connectivity index (χ3v) is 14.6. The highest BCUT2D eigenvalue weighted by Gasteiger charge is 2.51. The fraction of sp³-hybridized carbons (Fsp3) is 0.0182. The topological polar surface area (TPSA) is 12.5 Å². The van der Waals surface area contributed by atoms with Gasteiger partial charge in [0, 0.05) is 28.2 Å². The van der Waals surface area contributed by atoms with Gasteiger partial charge in [0.2, 0.25) is 0 Å². The molecule has 0 aliphatic carbocycles. The first-order valence-corrected chi connectivity index (χ1v) is 21.4. The van der Waals surface area contributed by atoms with Crippen molar-refractivity contribution in [2.24, 2.45) is 0 Å². The number of benzene rings is 9. The van der Waals surface area contributed by atoms with E-state index in [-0.39, 0.29) is 0 Å². The number of ether oxygens (including phenoxy) is 1. The second-order valence-corrected chi connectivity index (χ2v) is 17.4. The van der Waals surface area contributed by atoms with Crippen LogP contribution in [0.25, 0.3) is 22.3 Å². The summed E-state index contributed by atoms with van der Waals surface area (Å²) in [4.78, 5) is 2.45. The summed E-state index contributed by atoms with van der Waals surface area (Å²) in [5.74, 6) is 1.80. The van der Waals surface area contributed by atoms with E-state index >= 15 is 0 Å². The molecule has 0 aromatic heterocycles. The quantitative estimate of drug-likeness (QED) is 0.157. The standard InChI is InChI=1S/C55H38NOSi/c1-5-19-39(20-6-1)41-35-42(40-21-7-2-8-22-40)37-45(36-41)56(43-23-9-3-10-24-43)44-33-34-50-54(38-44)58(46-25-11-4-12-26-46)53-32-18-15-29-49(53)55(50)47-27-13-16-30-51(47)57-52-31-17-14-28-48(52)55/h1-38H. The Labute approximate surface area is 341 Å². The molecule has 0 atom stereocenters. The van der Waals surface area contributed by atoms with Crippen molar-refractivity contribution in [2.45, 2.75) is 5.41 Å². The van der Waals surface area contributed by atoms with Crippen molar-refractivity contribution >= 4 is 41.4 Å². The molecule has 0 saturated carbocycles. The minimum atomic E-state index is -1.50. The van der Waals surface area contributed by atoms with Gasteiger partial charge in [-0.1, -0.05) is 181 Å². The fourth-order valence-corrected chi connectivity index (χ4v) is 12.4. The van der Waals surface area contributed by atoms with Crippen LogP contribution < -0.4 is 25.2 Å². The lowest BCUT2D eigenvalue weighted by atomic mass is 9.63. The van der Waals surface area contributed by atoms with Crippen molar-refractivity contribution in [3.05, 3.63) is 253 Å². The van der Waals surface area contributed by atoms with Gasteiger partial charge in [-0.3, -0.25) is 0 Å². The molecular formula is C55H38NOSi. The van der Waals surface area contributed by atoms with E-state index in [4.69, 9.17) is 4.74 Å². The van der Waals surface area contributed by atoms with Crippen LogP contribution >= 0.6 is 0 Å². The summed E-state index contributed by atoms with van der Waals surface area (Å²) in [6.45, 7) is 0. The van der Waals surface area contributed by atoms with E-state index in [0.29, 0.717) is 0 Å². The molecule has 0 N–H and O–H groups in total. The Morgan fingerprint density at radius 3 is 1.41 bits per heavy atom. The highest BCUT2D eigenvalue weighted by molar-refractivity contribution is 6.96. The van der Waals surface area contributed by atoms with Crippen molar-refractivity contribution in [1.82, 2.24) is 0 Å². The van der Waals surface area contributed by atoms with E-state index in [2.05, 4.69) is 235 Å². The largest absolute Gasteiger partial charge is 0.457 e. The molecule has 0 amide bonds. The Bertz CT molecular complexity index is 2830. The molecule has 9 aromatic carbocycles. The van der Waals surface area contributed by atoms with E-state index in [1.807, 2.05) is 0 Å². The zero-order valence-corrected chi connectivity index (χ0v) is 32.8. The van der Waals surface area contributed by atoms with E-state index in [1.54, 1.807) is 0 Å². The molecule has 2 nitrogen and oxygen atoms in total. The Kier molecular flexibility index (Phi) is 8.27. The van der Waals surface area contributed by atoms with Crippen LogP contribution in [0.4, 0.5) is 17.1 Å². The molecule has 3 heteroatoms. The van der Waals surface area contributed by atoms with Gasteiger partial charge in [0.1, 0.15) is 11.5 Å². The minimum Gasteiger partial charge on any atom is -0.457 e.